The number of rotatable bonds is 2. The number of carbonyl (C=O) groups is 2. The number of allylic oxidation sites excluding steroid dienone is 4. The summed E-state index contributed by atoms with van der Waals surface area (Å²) in [5.74, 6) is -1.73. The molecule has 0 aromatic carbocycles. The van der Waals surface area contributed by atoms with Gasteiger partial charge in [-0.05, 0) is 56.6 Å². The van der Waals surface area contributed by atoms with Gasteiger partial charge in [0.05, 0.1) is 6.10 Å². The molecule has 0 bridgehead atoms. The van der Waals surface area contributed by atoms with E-state index in [-0.39, 0.29) is 30.5 Å². The van der Waals surface area contributed by atoms with Crippen molar-refractivity contribution in [2.45, 2.75) is 63.8 Å². The molecule has 0 aromatic rings. The van der Waals surface area contributed by atoms with Gasteiger partial charge in [-0.1, -0.05) is 25.5 Å². The van der Waals surface area contributed by atoms with Crippen molar-refractivity contribution in [1.82, 2.24) is 0 Å². The number of fused-ring (bicyclic) bond motifs is 5. The Hall–Kier alpha value is -1.37. The quantitative estimate of drug-likeness (QED) is 0.667. The van der Waals surface area contributed by atoms with Crippen molar-refractivity contribution in [3.8, 4) is 0 Å². The lowest BCUT2D eigenvalue weighted by Crippen LogP contribution is -2.69. The third kappa shape index (κ3) is 2.06. The zero-order valence-corrected chi connectivity index (χ0v) is 16.6. The maximum Gasteiger partial charge on any atom is 0.190 e. The van der Waals surface area contributed by atoms with E-state index in [1.54, 1.807) is 19.9 Å². The van der Waals surface area contributed by atoms with Crippen LogP contribution in [-0.2, 0) is 9.59 Å². The van der Waals surface area contributed by atoms with E-state index in [2.05, 4.69) is 0 Å². The summed E-state index contributed by atoms with van der Waals surface area (Å²) in [5, 5.41) is 31.7. The summed E-state index contributed by atoms with van der Waals surface area (Å²) in [6.45, 7) is 4.69. The predicted octanol–water partition coefficient (Wildman–Crippen LogP) is 1.90. The molecule has 28 heavy (non-hydrogen) atoms. The van der Waals surface area contributed by atoms with Crippen molar-refractivity contribution in [1.29, 1.82) is 0 Å². The highest BCUT2D eigenvalue weighted by atomic mass is 19.1. The summed E-state index contributed by atoms with van der Waals surface area (Å²) >= 11 is 0. The molecule has 154 valence electrons. The molecule has 3 saturated carbocycles. The smallest absolute Gasteiger partial charge is 0.190 e. The molecule has 0 amide bonds. The van der Waals surface area contributed by atoms with Crippen molar-refractivity contribution in [2.24, 2.45) is 28.6 Å². The Balaban J connectivity index is 1.84. The molecular formula is C22H29FO5. The first-order valence-corrected chi connectivity index (χ1v) is 10.1. The Labute approximate surface area is 164 Å². The summed E-state index contributed by atoms with van der Waals surface area (Å²) in [6.07, 6.45) is 4.09. The lowest BCUT2D eigenvalue weighted by molar-refractivity contribution is -0.221. The SMILES string of the molecule is CC1C[C@H]2[C@@H]3CC[C@](O)(C(=O)CO)[C@@]3(C)CC(O)[C@]2(F)[C@@]2(C)C=CC(=O)C=C12. The molecule has 4 aliphatic rings. The van der Waals surface area contributed by atoms with Gasteiger partial charge >= 0.3 is 0 Å². The molecule has 0 saturated heterocycles. The molecule has 0 aromatic heterocycles. The van der Waals surface area contributed by atoms with Crippen molar-refractivity contribution < 1.29 is 29.3 Å². The second-order valence-corrected chi connectivity index (χ2v) is 9.77. The van der Waals surface area contributed by atoms with Crippen LogP contribution in [0.25, 0.3) is 0 Å². The van der Waals surface area contributed by atoms with Gasteiger partial charge < -0.3 is 15.3 Å². The van der Waals surface area contributed by atoms with E-state index in [0.29, 0.717) is 18.4 Å². The Morgan fingerprint density at radius 1 is 1.32 bits per heavy atom. The number of carbonyl (C=O) groups excluding carboxylic acids is 2. The van der Waals surface area contributed by atoms with Gasteiger partial charge in [0.25, 0.3) is 0 Å². The van der Waals surface area contributed by atoms with E-state index in [9.17, 15) is 24.9 Å². The fourth-order valence-electron chi connectivity index (χ4n) is 7.19. The molecule has 3 N–H and O–H groups in total. The maximum atomic E-state index is 16.9. The van der Waals surface area contributed by atoms with Crippen LogP contribution in [0.15, 0.2) is 23.8 Å². The minimum atomic E-state index is -1.99. The molecule has 4 rings (SSSR count). The fourth-order valence-corrected chi connectivity index (χ4v) is 7.19. The van der Waals surface area contributed by atoms with Gasteiger partial charge in [0.2, 0.25) is 0 Å². The number of hydrogen-bond acceptors (Lipinski definition) is 5. The molecule has 5 nitrogen and oxygen atoms in total. The molecule has 6 heteroatoms. The molecule has 0 heterocycles. The van der Waals surface area contributed by atoms with Crippen LogP contribution in [0.3, 0.4) is 0 Å². The van der Waals surface area contributed by atoms with Crippen LogP contribution in [-0.4, -0.2) is 50.9 Å². The number of Topliss-reactive ketones (excluding diaryl/α,β-unsaturated/α-hetero) is 1. The molecule has 8 atom stereocenters. The van der Waals surface area contributed by atoms with E-state index in [1.165, 1.54) is 12.2 Å². The first-order chi connectivity index (χ1) is 13.0. The minimum Gasteiger partial charge on any atom is -0.390 e. The Morgan fingerprint density at radius 2 is 2.00 bits per heavy atom. The van der Waals surface area contributed by atoms with Crippen LogP contribution < -0.4 is 0 Å². The normalized spacial score (nSPS) is 52.5. The molecule has 4 aliphatic carbocycles. The topological polar surface area (TPSA) is 94.8 Å². The van der Waals surface area contributed by atoms with E-state index in [4.69, 9.17) is 0 Å². The van der Waals surface area contributed by atoms with Crippen molar-refractivity contribution in [3.63, 3.8) is 0 Å². The highest BCUT2D eigenvalue weighted by molar-refractivity contribution is 6.01. The summed E-state index contributed by atoms with van der Waals surface area (Å²) in [6, 6.07) is 0. The summed E-state index contributed by atoms with van der Waals surface area (Å²) in [5.41, 5.74) is -5.14. The lowest BCUT2D eigenvalue weighted by Gasteiger charge is -2.63. The lowest BCUT2D eigenvalue weighted by atomic mass is 9.43. The molecule has 0 spiro atoms. The Kier molecular flexibility index (Phi) is 4.15. The van der Waals surface area contributed by atoms with Crippen LogP contribution in [0.5, 0.6) is 0 Å². The average molecular weight is 392 g/mol. The van der Waals surface area contributed by atoms with Crippen molar-refractivity contribution >= 4 is 11.6 Å². The number of alkyl halides is 1. The largest absolute Gasteiger partial charge is 0.390 e. The Bertz CT molecular complexity index is 805. The number of aliphatic hydroxyl groups excluding tert-OH is 2. The number of ketones is 2. The zero-order valence-electron chi connectivity index (χ0n) is 16.6. The van der Waals surface area contributed by atoms with Gasteiger partial charge in [-0.3, -0.25) is 9.59 Å². The maximum absolute atomic E-state index is 16.9. The monoisotopic (exact) mass is 392 g/mol. The Morgan fingerprint density at radius 3 is 2.64 bits per heavy atom. The number of aliphatic hydroxyl groups is 3. The highest BCUT2D eigenvalue weighted by Gasteiger charge is 2.74. The van der Waals surface area contributed by atoms with Crippen LogP contribution in [0, 0.1) is 28.6 Å². The number of halogens is 1. The van der Waals surface area contributed by atoms with Gasteiger partial charge in [-0.2, -0.15) is 0 Å². The second-order valence-electron chi connectivity index (χ2n) is 9.77. The summed E-state index contributed by atoms with van der Waals surface area (Å²) in [7, 11) is 0. The molecular weight excluding hydrogens is 363 g/mol. The predicted molar refractivity (Wildman–Crippen MR) is 99.9 cm³/mol. The summed E-state index contributed by atoms with van der Waals surface area (Å²) < 4.78 is 16.9. The van der Waals surface area contributed by atoms with Crippen molar-refractivity contribution in [2.75, 3.05) is 6.61 Å². The highest BCUT2D eigenvalue weighted by Crippen LogP contribution is 2.70. The molecule has 3 fully saturated rings. The molecule has 2 unspecified atom stereocenters. The first kappa shape index (κ1) is 19.9. The van der Waals surface area contributed by atoms with E-state index in [0.717, 1.165) is 0 Å². The summed E-state index contributed by atoms with van der Waals surface area (Å²) in [4.78, 5) is 24.3. The van der Waals surface area contributed by atoms with Gasteiger partial charge in [-0.15, -0.1) is 0 Å². The standard InChI is InChI=1S/C22H29FO5/c1-12-8-16-14-5-7-21(28,18(27)11-24)20(14,3)10-17(26)22(16,23)19(2)6-4-13(25)9-15(12)19/h4,6,9,12,14,16-17,24,26,28H,5,7-8,10-11H2,1-3H3/t12?,14-,16-,17?,19-,20-,21-,22-/m0/s1. The van der Waals surface area contributed by atoms with E-state index >= 15 is 4.39 Å². The van der Waals surface area contributed by atoms with Crippen LogP contribution >= 0.6 is 0 Å². The van der Waals surface area contributed by atoms with Gasteiger partial charge in [0, 0.05) is 16.7 Å². The number of hydrogen-bond donors (Lipinski definition) is 3. The second kappa shape index (κ2) is 5.83. The van der Waals surface area contributed by atoms with Crippen LogP contribution in [0.4, 0.5) is 4.39 Å². The van der Waals surface area contributed by atoms with Gasteiger partial charge in [0.15, 0.2) is 17.2 Å². The fraction of sp³-hybridized carbons (Fsp3) is 0.727. The van der Waals surface area contributed by atoms with Crippen LogP contribution in [0.1, 0.15) is 46.5 Å². The van der Waals surface area contributed by atoms with E-state index in [1.807, 2.05) is 6.92 Å². The first-order valence-electron chi connectivity index (χ1n) is 10.1. The molecule has 0 radical (unpaired) electrons. The zero-order chi connectivity index (χ0) is 20.7. The van der Waals surface area contributed by atoms with Gasteiger partial charge in [0.1, 0.15) is 12.2 Å². The average Bonchev–Trinajstić information content (AvgIpc) is 2.91. The van der Waals surface area contributed by atoms with Crippen molar-refractivity contribution in [3.05, 3.63) is 23.8 Å². The van der Waals surface area contributed by atoms with Gasteiger partial charge in [-0.25, -0.2) is 4.39 Å². The van der Waals surface area contributed by atoms with E-state index < -0.39 is 46.5 Å². The third-order valence-electron chi connectivity index (χ3n) is 8.73. The van der Waals surface area contributed by atoms with Crippen LogP contribution in [0.2, 0.25) is 0 Å². The third-order valence-corrected chi connectivity index (χ3v) is 8.73. The minimum absolute atomic E-state index is 0.0513. The molecule has 0 aliphatic heterocycles.